The van der Waals surface area contributed by atoms with Crippen LogP contribution in [0, 0.1) is 0 Å². The number of likely N-dealkylation sites (tertiary alicyclic amines) is 1. The van der Waals surface area contributed by atoms with Gasteiger partial charge in [0, 0.05) is 40.8 Å². The number of carbonyl (C=O) groups excluding carboxylic acids is 1. The highest BCUT2D eigenvalue weighted by Crippen LogP contribution is 2.29. The molecule has 3 rings (SSSR count). The van der Waals surface area contributed by atoms with Gasteiger partial charge in [-0.25, -0.2) is 14.8 Å². The second-order valence-electron chi connectivity index (χ2n) is 7.18. The van der Waals surface area contributed by atoms with Crippen LogP contribution in [0.3, 0.4) is 0 Å². The van der Waals surface area contributed by atoms with E-state index < -0.39 is 5.60 Å². The van der Waals surface area contributed by atoms with Gasteiger partial charge in [0.1, 0.15) is 5.60 Å². The Morgan fingerprint density at radius 3 is 2.67 bits per heavy atom. The lowest BCUT2D eigenvalue weighted by molar-refractivity contribution is 0.0204. The molecule has 128 valence electrons. The number of fused-ring (bicyclic) bond motifs is 1. The van der Waals surface area contributed by atoms with E-state index in [-0.39, 0.29) is 6.09 Å². The quantitative estimate of drug-likeness (QED) is 0.717. The number of hydrogen-bond acceptors (Lipinski definition) is 4. The highest BCUT2D eigenvalue weighted by atomic mass is 79.9. The summed E-state index contributed by atoms with van der Waals surface area (Å²) in [6.45, 7) is 7.08. The number of rotatable bonds is 1. The van der Waals surface area contributed by atoms with Gasteiger partial charge in [0.25, 0.3) is 0 Å². The van der Waals surface area contributed by atoms with Crippen LogP contribution in [-0.2, 0) is 4.74 Å². The third-order valence-electron chi connectivity index (χ3n) is 4.10. The van der Waals surface area contributed by atoms with Gasteiger partial charge in [-0.15, -0.1) is 0 Å². The summed E-state index contributed by atoms with van der Waals surface area (Å²) in [5, 5.41) is 1.03. The van der Waals surface area contributed by atoms with Gasteiger partial charge in [-0.3, -0.25) is 0 Å². The molecule has 6 heteroatoms. The molecule has 0 aromatic carbocycles. The molecule has 0 aliphatic carbocycles. The second kappa shape index (κ2) is 6.67. The van der Waals surface area contributed by atoms with E-state index in [1.54, 1.807) is 11.1 Å². The van der Waals surface area contributed by atoms with Crippen LogP contribution in [0.1, 0.15) is 45.2 Å². The van der Waals surface area contributed by atoms with Crippen molar-refractivity contribution in [2.24, 2.45) is 0 Å². The van der Waals surface area contributed by atoms with E-state index in [0.29, 0.717) is 19.0 Å². The van der Waals surface area contributed by atoms with Crippen LogP contribution in [0.2, 0.25) is 0 Å². The van der Waals surface area contributed by atoms with Crippen LogP contribution in [0.15, 0.2) is 28.9 Å². The van der Waals surface area contributed by atoms with E-state index in [1.165, 1.54) is 0 Å². The number of aromatic nitrogens is 2. The molecule has 1 amide bonds. The van der Waals surface area contributed by atoms with Crippen LogP contribution in [0.4, 0.5) is 4.79 Å². The number of nitrogens with zero attached hydrogens (tertiary/aromatic N) is 3. The van der Waals surface area contributed by atoms with Crippen molar-refractivity contribution in [1.29, 1.82) is 0 Å². The van der Waals surface area contributed by atoms with Gasteiger partial charge in [0.2, 0.25) is 0 Å². The normalized spacial score (nSPS) is 16.4. The van der Waals surface area contributed by atoms with Gasteiger partial charge in [-0.1, -0.05) is 0 Å². The molecule has 2 aromatic heterocycles. The molecule has 0 bridgehead atoms. The molecule has 0 spiro atoms. The maximum atomic E-state index is 12.1. The third-order valence-corrected chi connectivity index (χ3v) is 4.53. The third kappa shape index (κ3) is 4.04. The zero-order valence-corrected chi connectivity index (χ0v) is 15.8. The van der Waals surface area contributed by atoms with Gasteiger partial charge in [-0.05, 0) is 67.7 Å². The lowest BCUT2D eigenvalue weighted by Gasteiger charge is -2.33. The molecule has 1 saturated heterocycles. The fourth-order valence-corrected chi connectivity index (χ4v) is 3.26. The summed E-state index contributed by atoms with van der Waals surface area (Å²) < 4.78 is 6.40. The Morgan fingerprint density at radius 2 is 2.00 bits per heavy atom. The SMILES string of the molecule is CC(C)(C)OC(=O)N1CCC(c2ccc3cc(Br)cnc3n2)CC1. The first kappa shape index (κ1) is 17.1. The average Bonchev–Trinajstić information content (AvgIpc) is 2.53. The van der Waals surface area contributed by atoms with E-state index in [1.807, 2.05) is 26.8 Å². The van der Waals surface area contributed by atoms with Crippen LogP contribution >= 0.6 is 15.9 Å². The molecule has 5 nitrogen and oxygen atoms in total. The lowest BCUT2D eigenvalue weighted by atomic mass is 9.93. The van der Waals surface area contributed by atoms with E-state index in [2.05, 4.69) is 33.0 Å². The van der Waals surface area contributed by atoms with Gasteiger partial charge < -0.3 is 9.64 Å². The van der Waals surface area contributed by atoms with Crippen LogP contribution in [-0.4, -0.2) is 39.7 Å². The Morgan fingerprint density at radius 1 is 1.29 bits per heavy atom. The van der Waals surface area contributed by atoms with E-state index in [9.17, 15) is 4.79 Å². The molecule has 0 radical (unpaired) electrons. The Balaban J connectivity index is 1.66. The summed E-state index contributed by atoms with van der Waals surface area (Å²) >= 11 is 3.43. The number of piperidine rings is 1. The van der Waals surface area contributed by atoms with E-state index >= 15 is 0 Å². The molecular weight excluding hydrogens is 370 g/mol. The molecule has 0 saturated carbocycles. The van der Waals surface area contributed by atoms with Crippen molar-refractivity contribution in [2.75, 3.05) is 13.1 Å². The van der Waals surface area contributed by atoms with Gasteiger partial charge in [-0.2, -0.15) is 0 Å². The maximum Gasteiger partial charge on any atom is 0.410 e. The van der Waals surface area contributed by atoms with Crippen molar-refractivity contribution >= 4 is 33.1 Å². The minimum Gasteiger partial charge on any atom is -0.444 e. The van der Waals surface area contributed by atoms with Crippen molar-refractivity contribution < 1.29 is 9.53 Å². The Kier molecular flexibility index (Phi) is 4.76. The number of halogens is 1. The zero-order valence-electron chi connectivity index (χ0n) is 14.3. The summed E-state index contributed by atoms with van der Waals surface area (Å²) in [6, 6.07) is 6.16. The minimum atomic E-state index is -0.451. The van der Waals surface area contributed by atoms with E-state index in [4.69, 9.17) is 9.72 Å². The fraction of sp³-hybridized carbons (Fsp3) is 0.500. The molecule has 0 unspecified atom stereocenters. The number of hydrogen-bond donors (Lipinski definition) is 0. The molecule has 2 aromatic rings. The Bertz CT molecular complexity index is 750. The monoisotopic (exact) mass is 391 g/mol. The van der Waals surface area contributed by atoms with Crippen molar-refractivity contribution in [1.82, 2.24) is 14.9 Å². The molecule has 3 heterocycles. The number of amides is 1. The minimum absolute atomic E-state index is 0.223. The van der Waals surface area contributed by atoms with Gasteiger partial charge in [0.15, 0.2) is 5.65 Å². The average molecular weight is 392 g/mol. The van der Waals surface area contributed by atoms with Crippen molar-refractivity contribution in [3.8, 4) is 0 Å². The maximum absolute atomic E-state index is 12.1. The first-order valence-electron chi connectivity index (χ1n) is 8.22. The Labute approximate surface area is 150 Å². The molecule has 0 atom stereocenters. The topological polar surface area (TPSA) is 55.3 Å². The first-order valence-corrected chi connectivity index (χ1v) is 9.01. The summed E-state index contributed by atoms with van der Waals surface area (Å²) in [4.78, 5) is 23.0. The molecular formula is C18H22BrN3O2. The van der Waals surface area contributed by atoms with E-state index in [0.717, 1.165) is 34.0 Å². The van der Waals surface area contributed by atoms with Crippen molar-refractivity contribution in [3.05, 3.63) is 34.6 Å². The standard InChI is InChI=1S/C18H22BrN3O2/c1-18(2,3)24-17(23)22-8-6-12(7-9-22)15-5-4-13-10-14(19)11-20-16(13)21-15/h4-5,10-12H,6-9H2,1-3H3. The molecule has 0 N–H and O–H groups in total. The Hall–Kier alpha value is -1.69. The number of carbonyl (C=O) groups is 1. The van der Waals surface area contributed by atoms with Crippen LogP contribution in [0.25, 0.3) is 11.0 Å². The highest BCUT2D eigenvalue weighted by molar-refractivity contribution is 9.10. The lowest BCUT2D eigenvalue weighted by Crippen LogP contribution is -2.41. The summed E-state index contributed by atoms with van der Waals surface area (Å²) in [5.74, 6) is 0.360. The molecule has 1 aliphatic rings. The van der Waals surface area contributed by atoms with Crippen LogP contribution in [0.5, 0.6) is 0 Å². The molecule has 1 fully saturated rings. The van der Waals surface area contributed by atoms with Gasteiger partial charge >= 0.3 is 6.09 Å². The number of ether oxygens (including phenoxy) is 1. The second-order valence-corrected chi connectivity index (χ2v) is 8.09. The predicted octanol–water partition coefficient (Wildman–Crippen LogP) is 4.51. The number of pyridine rings is 2. The summed E-state index contributed by atoms with van der Waals surface area (Å²) in [5.41, 5.74) is 1.37. The largest absolute Gasteiger partial charge is 0.444 e. The first-order chi connectivity index (χ1) is 11.3. The van der Waals surface area contributed by atoms with Crippen LogP contribution < -0.4 is 0 Å². The van der Waals surface area contributed by atoms with Crippen molar-refractivity contribution in [2.45, 2.75) is 45.1 Å². The highest BCUT2D eigenvalue weighted by Gasteiger charge is 2.28. The van der Waals surface area contributed by atoms with Crippen molar-refractivity contribution in [3.63, 3.8) is 0 Å². The fourth-order valence-electron chi connectivity index (χ4n) is 2.91. The predicted molar refractivity (Wildman–Crippen MR) is 97.0 cm³/mol. The molecule has 1 aliphatic heterocycles. The molecule has 24 heavy (non-hydrogen) atoms. The summed E-state index contributed by atoms with van der Waals surface area (Å²) in [6.07, 6.45) is 3.34. The van der Waals surface area contributed by atoms with Gasteiger partial charge in [0.05, 0.1) is 0 Å². The zero-order chi connectivity index (χ0) is 17.3. The summed E-state index contributed by atoms with van der Waals surface area (Å²) in [7, 11) is 0. The smallest absolute Gasteiger partial charge is 0.410 e.